The number of hydrogen-bond acceptors (Lipinski definition) is 4. The third-order valence-corrected chi connectivity index (χ3v) is 2.75. The van der Waals surface area contributed by atoms with Crippen LogP contribution in [0.15, 0.2) is 24.5 Å². The number of carbonyl (C=O) groups is 2. The van der Waals surface area contributed by atoms with Crippen molar-refractivity contribution in [3.05, 3.63) is 30.1 Å². The first kappa shape index (κ1) is 11.5. The molecule has 17 heavy (non-hydrogen) atoms. The van der Waals surface area contributed by atoms with Gasteiger partial charge in [0.1, 0.15) is 6.04 Å². The minimum absolute atomic E-state index is 0.0537. The Kier molecular flexibility index (Phi) is 3.06. The fraction of sp³-hybridized carbons (Fsp3) is 0.364. The highest BCUT2D eigenvalue weighted by Gasteiger charge is 2.39. The van der Waals surface area contributed by atoms with Crippen molar-refractivity contribution in [2.45, 2.75) is 18.6 Å². The lowest BCUT2D eigenvalue weighted by atomic mass is 10.2. The Morgan fingerprint density at radius 1 is 1.35 bits per heavy atom. The lowest BCUT2D eigenvalue weighted by molar-refractivity contribution is -0.141. The van der Waals surface area contributed by atoms with Gasteiger partial charge in [-0.25, -0.2) is 4.79 Å². The summed E-state index contributed by atoms with van der Waals surface area (Å²) in [4.78, 5) is 28.0. The van der Waals surface area contributed by atoms with E-state index in [1.54, 1.807) is 0 Å². The molecule has 1 aromatic heterocycles. The van der Waals surface area contributed by atoms with Gasteiger partial charge in [-0.3, -0.25) is 9.78 Å². The molecule has 2 heterocycles. The van der Waals surface area contributed by atoms with E-state index in [9.17, 15) is 14.7 Å². The highest BCUT2D eigenvalue weighted by Crippen LogP contribution is 2.20. The third-order valence-electron chi connectivity index (χ3n) is 2.75. The molecular formula is C11H12N2O4. The predicted octanol–water partition coefficient (Wildman–Crippen LogP) is -0.258. The number of aromatic nitrogens is 1. The molecule has 2 rings (SSSR count). The van der Waals surface area contributed by atoms with Crippen LogP contribution in [-0.4, -0.2) is 50.7 Å². The normalized spacial score (nSPS) is 23.7. The lowest BCUT2D eigenvalue weighted by Gasteiger charge is -2.20. The highest BCUT2D eigenvalue weighted by atomic mass is 16.4. The molecule has 0 spiro atoms. The summed E-state index contributed by atoms with van der Waals surface area (Å²) in [5.41, 5.74) is 0.375. The van der Waals surface area contributed by atoms with Crippen LogP contribution in [0.5, 0.6) is 0 Å². The van der Waals surface area contributed by atoms with Crippen molar-refractivity contribution in [2.75, 3.05) is 6.54 Å². The van der Waals surface area contributed by atoms with Gasteiger partial charge in [-0.15, -0.1) is 0 Å². The van der Waals surface area contributed by atoms with Gasteiger partial charge >= 0.3 is 5.97 Å². The number of aliphatic carboxylic acids is 1. The number of carboxylic acid groups (broad SMARTS) is 1. The average molecular weight is 236 g/mol. The molecule has 0 radical (unpaired) electrons. The number of β-amino-alcohol motifs (C(OH)–C–C–N with tert-alkyl or cyclic N) is 1. The molecule has 1 saturated heterocycles. The number of hydrogen-bond donors (Lipinski definition) is 2. The molecule has 0 saturated carbocycles. The molecule has 1 aromatic rings. The zero-order valence-electron chi connectivity index (χ0n) is 8.98. The fourth-order valence-electron chi connectivity index (χ4n) is 1.93. The second-order valence-corrected chi connectivity index (χ2v) is 3.94. The SMILES string of the molecule is O=C(O)[C@@H]1CC(O)CN1C(=O)c1ccncc1. The van der Waals surface area contributed by atoms with Gasteiger partial charge in [-0.2, -0.15) is 0 Å². The van der Waals surface area contributed by atoms with Crippen LogP contribution in [-0.2, 0) is 4.79 Å². The molecule has 2 atom stereocenters. The van der Waals surface area contributed by atoms with Crippen LogP contribution < -0.4 is 0 Å². The van der Waals surface area contributed by atoms with Crippen LogP contribution in [0, 0.1) is 0 Å². The maximum Gasteiger partial charge on any atom is 0.326 e. The van der Waals surface area contributed by atoms with Crippen molar-refractivity contribution < 1.29 is 19.8 Å². The van der Waals surface area contributed by atoms with Gasteiger partial charge in [0, 0.05) is 30.9 Å². The van der Waals surface area contributed by atoms with Crippen LogP contribution in [0.4, 0.5) is 0 Å². The highest BCUT2D eigenvalue weighted by molar-refractivity contribution is 5.96. The Bertz CT molecular complexity index is 434. The Morgan fingerprint density at radius 3 is 2.59 bits per heavy atom. The number of carboxylic acids is 1. The van der Waals surface area contributed by atoms with Crippen LogP contribution >= 0.6 is 0 Å². The van der Waals surface area contributed by atoms with E-state index in [-0.39, 0.29) is 13.0 Å². The summed E-state index contributed by atoms with van der Waals surface area (Å²) < 4.78 is 0. The van der Waals surface area contributed by atoms with Gasteiger partial charge in [0.15, 0.2) is 0 Å². The quantitative estimate of drug-likeness (QED) is 0.738. The van der Waals surface area contributed by atoms with Crippen LogP contribution in [0.2, 0.25) is 0 Å². The Morgan fingerprint density at radius 2 is 2.00 bits per heavy atom. The fourth-order valence-corrected chi connectivity index (χ4v) is 1.93. The van der Waals surface area contributed by atoms with Gasteiger partial charge in [-0.05, 0) is 12.1 Å². The minimum atomic E-state index is -1.09. The second kappa shape index (κ2) is 4.50. The van der Waals surface area contributed by atoms with Crippen LogP contribution in [0.1, 0.15) is 16.8 Å². The zero-order chi connectivity index (χ0) is 12.4. The summed E-state index contributed by atoms with van der Waals surface area (Å²) in [6.07, 6.45) is 2.24. The number of carbonyl (C=O) groups excluding carboxylic acids is 1. The molecule has 6 heteroatoms. The molecule has 1 aliphatic heterocycles. The van der Waals surface area contributed by atoms with E-state index in [4.69, 9.17) is 5.11 Å². The van der Waals surface area contributed by atoms with E-state index in [1.165, 1.54) is 29.4 Å². The van der Waals surface area contributed by atoms with Crippen LogP contribution in [0.3, 0.4) is 0 Å². The minimum Gasteiger partial charge on any atom is -0.480 e. The van der Waals surface area contributed by atoms with Crippen molar-refractivity contribution in [3.8, 4) is 0 Å². The van der Waals surface area contributed by atoms with Gasteiger partial charge in [0.05, 0.1) is 6.10 Å². The van der Waals surface area contributed by atoms with Crippen LogP contribution in [0.25, 0.3) is 0 Å². The lowest BCUT2D eigenvalue weighted by Crippen LogP contribution is -2.40. The number of aliphatic hydroxyl groups is 1. The largest absolute Gasteiger partial charge is 0.480 e. The third kappa shape index (κ3) is 2.26. The summed E-state index contributed by atoms with van der Waals surface area (Å²) in [7, 11) is 0. The van der Waals surface area contributed by atoms with E-state index in [0.717, 1.165) is 0 Å². The first-order valence-electron chi connectivity index (χ1n) is 5.21. The maximum atomic E-state index is 12.0. The first-order valence-corrected chi connectivity index (χ1v) is 5.21. The van der Waals surface area contributed by atoms with E-state index in [0.29, 0.717) is 5.56 Å². The van der Waals surface area contributed by atoms with Crippen molar-refractivity contribution in [1.82, 2.24) is 9.88 Å². The molecule has 1 aliphatic rings. The summed E-state index contributed by atoms with van der Waals surface area (Å²) in [5, 5.41) is 18.4. The van der Waals surface area contributed by atoms with Crippen molar-refractivity contribution >= 4 is 11.9 Å². The van der Waals surface area contributed by atoms with Gasteiger partial charge in [0.25, 0.3) is 5.91 Å². The van der Waals surface area contributed by atoms with E-state index in [2.05, 4.69) is 4.98 Å². The molecule has 1 fully saturated rings. The molecule has 1 amide bonds. The van der Waals surface area contributed by atoms with Gasteiger partial charge in [0.2, 0.25) is 0 Å². The molecule has 90 valence electrons. The summed E-state index contributed by atoms with van der Waals surface area (Å²) in [6.45, 7) is 0.0537. The second-order valence-electron chi connectivity index (χ2n) is 3.94. The molecule has 2 N–H and O–H groups in total. The smallest absolute Gasteiger partial charge is 0.326 e. The Labute approximate surface area is 97.5 Å². The number of nitrogens with zero attached hydrogens (tertiary/aromatic N) is 2. The zero-order valence-corrected chi connectivity index (χ0v) is 8.98. The Balaban J connectivity index is 2.22. The Hall–Kier alpha value is -1.95. The molecule has 0 aromatic carbocycles. The first-order chi connectivity index (χ1) is 8.09. The van der Waals surface area contributed by atoms with E-state index >= 15 is 0 Å². The van der Waals surface area contributed by atoms with Crippen molar-refractivity contribution in [2.24, 2.45) is 0 Å². The molecule has 0 aliphatic carbocycles. The monoisotopic (exact) mass is 236 g/mol. The standard InChI is InChI=1S/C11H12N2O4/c14-8-5-9(11(16)17)13(6-8)10(15)7-1-3-12-4-2-7/h1-4,8-9,14H,5-6H2,(H,16,17)/t8?,9-/m0/s1. The predicted molar refractivity (Wildman–Crippen MR) is 57.3 cm³/mol. The topological polar surface area (TPSA) is 90.7 Å². The summed E-state index contributed by atoms with van der Waals surface area (Å²) in [6, 6.07) is 2.09. The van der Waals surface area contributed by atoms with Gasteiger partial charge in [-0.1, -0.05) is 0 Å². The van der Waals surface area contributed by atoms with Crippen molar-refractivity contribution in [1.29, 1.82) is 0 Å². The van der Waals surface area contributed by atoms with Gasteiger partial charge < -0.3 is 15.1 Å². The summed E-state index contributed by atoms with van der Waals surface area (Å²) in [5.74, 6) is -1.49. The number of likely N-dealkylation sites (tertiary alicyclic amines) is 1. The number of amides is 1. The summed E-state index contributed by atoms with van der Waals surface area (Å²) >= 11 is 0. The maximum absolute atomic E-state index is 12.0. The molecule has 6 nitrogen and oxygen atoms in total. The number of pyridine rings is 1. The molecule has 1 unspecified atom stereocenters. The van der Waals surface area contributed by atoms with Crippen molar-refractivity contribution in [3.63, 3.8) is 0 Å². The van der Waals surface area contributed by atoms with E-state index < -0.39 is 24.0 Å². The number of aliphatic hydroxyl groups excluding tert-OH is 1. The molecular weight excluding hydrogens is 224 g/mol. The number of rotatable bonds is 2. The average Bonchev–Trinajstić information content (AvgIpc) is 2.72. The van der Waals surface area contributed by atoms with E-state index in [1.807, 2.05) is 0 Å². The molecule has 0 bridgehead atoms.